The van der Waals surface area contributed by atoms with E-state index in [-0.39, 0.29) is 27.6 Å². The minimum atomic E-state index is -3.49. The lowest BCUT2D eigenvalue weighted by Gasteiger charge is -2.33. The van der Waals surface area contributed by atoms with E-state index < -0.39 is 27.7 Å². The number of rotatable bonds is 2. The summed E-state index contributed by atoms with van der Waals surface area (Å²) in [7, 11) is -3.49. The van der Waals surface area contributed by atoms with Crippen molar-refractivity contribution in [3.05, 3.63) is 23.2 Å². The molecule has 0 radical (unpaired) electrons. The molecule has 1 aromatic carbocycles. The fourth-order valence-corrected chi connectivity index (χ4v) is 4.49. The summed E-state index contributed by atoms with van der Waals surface area (Å²) in [6.07, 6.45) is 2.22. The third kappa shape index (κ3) is 3.34. The topological polar surface area (TPSA) is 113 Å². The molecule has 0 aromatic heterocycles. The number of hydrogen-bond donors (Lipinski definition) is 2. The highest BCUT2D eigenvalue weighted by Gasteiger charge is 2.46. The quantitative estimate of drug-likeness (QED) is 0.705. The number of halogens is 1. The van der Waals surface area contributed by atoms with Crippen LogP contribution in [0.5, 0.6) is 0 Å². The van der Waals surface area contributed by atoms with E-state index in [1.807, 2.05) is 0 Å². The van der Waals surface area contributed by atoms with Crippen molar-refractivity contribution in [2.45, 2.75) is 29.8 Å². The van der Waals surface area contributed by atoms with Gasteiger partial charge in [0.1, 0.15) is 6.04 Å². The average molecular weight is 386 g/mol. The highest BCUT2D eigenvalue weighted by Crippen LogP contribution is 2.28. The van der Waals surface area contributed by atoms with Gasteiger partial charge >= 0.3 is 11.8 Å². The van der Waals surface area contributed by atoms with Gasteiger partial charge in [-0.15, -0.1) is 0 Å². The van der Waals surface area contributed by atoms with Crippen molar-refractivity contribution in [3.8, 4) is 0 Å². The lowest BCUT2D eigenvalue weighted by molar-refractivity contribution is -0.149. The number of amides is 3. The van der Waals surface area contributed by atoms with E-state index in [1.54, 1.807) is 0 Å². The zero-order chi connectivity index (χ0) is 18.4. The Labute approximate surface area is 149 Å². The number of benzene rings is 1. The van der Waals surface area contributed by atoms with Crippen molar-refractivity contribution < 1.29 is 22.8 Å². The predicted molar refractivity (Wildman–Crippen MR) is 89.9 cm³/mol. The molecule has 2 N–H and O–H groups in total. The standard InChI is InChI=1S/C15H16ClN3O5S/c1-25(23,24)12-5-2-8(6-10(12)16)18-14(21)15(22)19-9-3-4-11(19)13(20)17-7-9/h2,5-6,9,11H,3-4,7H2,1H3,(H,17,20)(H,18,21). The van der Waals surface area contributed by atoms with Crippen LogP contribution in [0, 0.1) is 0 Å². The van der Waals surface area contributed by atoms with Gasteiger partial charge in [0.25, 0.3) is 0 Å². The Balaban J connectivity index is 1.75. The smallest absolute Gasteiger partial charge is 0.313 e. The molecule has 3 rings (SSSR count). The van der Waals surface area contributed by atoms with Gasteiger partial charge in [0.15, 0.2) is 9.84 Å². The number of nitrogens with one attached hydrogen (secondary N) is 2. The van der Waals surface area contributed by atoms with Crippen molar-refractivity contribution in [1.29, 1.82) is 0 Å². The largest absolute Gasteiger partial charge is 0.352 e. The maximum Gasteiger partial charge on any atom is 0.313 e. The van der Waals surface area contributed by atoms with Gasteiger partial charge in [-0.25, -0.2) is 8.42 Å². The third-order valence-corrected chi connectivity index (χ3v) is 5.91. The molecule has 10 heteroatoms. The number of sulfone groups is 1. The molecule has 1 aromatic rings. The van der Waals surface area contributed by atoms with Crippen molar-refractivity contribution in [2.24, 2.45) is 0 Å². The van der Waals surface area contributed by atoms with E-state index in [1.165, 1.54) is 23.1 Å². The first-order valence-electron chi connectivity index (χ1n) is 7.59. The maximum atomic E-state index is 12.4. The fraction of sp³-hybridized carbons (Fsp3) is 0.400. The molecule has 2 aliphatic rings. The van der Waals surface area contributed by atoms with E-state index in [4.69, 9.17) is 11.6 Å². The summed E-state index contributed by atoms with van der Waals surface area (Å²) >= 11 is 5.92. The molecular weight excluding hydrogens is 370 g/mol. The van der Waals surface area contributed by atoms with Crippen molar-refractivity contribution in [2.75, 3.05) is 18.1 Å². The van der Waals surface area contributed by atoms with Crippen LogP contribution in [-0.4, -0.2) is 55.9 Å². The molecule has 2 aliphatic heterocycles. The highest BCUT2D eigenvalue weighted by molar-refractivity contribution is 7.90. The Morgan fingerprint density at radius 2 is 2.04 bits per heavy atom. The van der Waals surface area contributed by atoms with Gasteiger partial charge < -0.3 is 15.5 Å². The maximum absolute atomic E-state index is 12.4. The molecule has 25 heavy (non-hydrogen) atoms. The summed E-state index contributed by atoms with van der Waals surface area (Å²) in [6, 6.07) is 3.08. The fourth-order valence-electron chi connectivity index (χ4n) is 3.17. The van der Waals surface area contributed by atoms with E-state index in [2.05, 4.69) is 10.6 Å². The predicted octanol–water partition coefficient (Wildman–Crippen LogP) is 0.171. The Kier molecular flexibility index (Phi) is 4.46. The van der Waals surface area contributed by atoms with Gasteiger partial charge in [0.2, 0.25) is 5.91 Å². The second-order valence-electron chi connectivity index (χ2n) is 6.08. The van der Waals surface area contributed by atoms with Gasteiger partial charge in [-0.2, -0.15) is 0 Å². The van der Waals surface area contributed by atoms with Crippen LogP contribution in [0.2, 0.25) is 5.02 Å². The first-order valence-corrected chi connectivity index (χ1v) is 9.86. The highest BCUT2D eigenvalue weighted by atomic mass is 35.5. The molecule has 134 valence electrons. The molecule has 3 amide bonds. The Morgan fingerprint density at radius 1 is 1.32 bits per heavy atom. The van der Waals surface area contributed by atoms with Gasteiger partial charge in [-0.3, -0.25) is 14.4 Å². The van der Waals surface area contributed by atoms with E-state index in [0.717, 1.165) is 6.26 Å². The monoisotopic (exact) mass is 385 g/mol. The van der Waals surface area contributed by atoms with Gasteiger partial charge in [-0.1, -0.05) is 11.6 Å². The number of piperazine rings is 1. The van der Waals surface area contributed by atoms with Crippen LogP contribution >= 0.6 is 11.6 Å². The molecular formula is C15H16ClN3O5S. The van der Waals surface area contributed by atoms with Gasteiger partial charge in [-0.05, 0) is 31.0 Å². The molecule has 2 bridgehead atoms. The molecule has 0 saturated carbocycles. The van der Waals surface area contributed by atoms with Crippen LogP contribution in [0.3, 0.4) is 0 Å². The van der Waals surface area contributed by atoms with E-state index >= 15 is 0 Å². The Bertz CT molecular complexity index is 870. The SMILES string of the molecule is CS(=O)(=O)c1ccc(NC(=O)C(=O)N2C3CCC2C(=O)NC3)cc1Cl. The second-order valence-corrected chi connectivity index (χ2v) is 8.47. The van der Waals surface area contributed by atoms with Crippen LogP contribution in [0.1, 0.15) is 12.8 Å². The summed E-state index contributed by atoms with van der Waals surface area (Å²) in [5.74, 6) is -1.93. The number of carbonyl (C=O) groups is 3. The van der Waals surface area contributed by atoms with Crippen molar-refractivity contribution >= 4 is 44.8 Å². The minimum Gasteiger partial charge on any atom is -0.352 e. The van der Waals surface area contributed by atoms with Gasteiger partial charge in [0.05, 0.1) is 16.0 Å². The van der Waals surface area contributed by atoms with Crippen LogP contribution in [0.25, 0.3) is 0 Å². The molecule has 8 nitrogen and oxygen atoms in total. The molecule has 2 unspecified atom stereocenters. The number of hydrogen-bond acceptors (Lipinski definition) is 5. The molecule has 2 saturated heterocycles. The summed E-state index contributed by atoms with van der Waals surface area (Å²) < 4.78 is 23.1. The Hall–Kier alpha value is -2.13. The van der Waals surface area contributed by atoms with Crippen molar-refractivity contribution in [1.82, 2.24) is 10.2 Å². The lowest BCUT2D eigenvalue weighted by atomic mass is 10.2. The first-order chi connectivity index (χ1) is 11.7. The Morgan fingerprint density at radius 3 is 2.68 bits per heavy atom. The molecule has 0 aliphatic carbocycles. The first kappa shape index (κ1) is 17.7. The number of carbonyl (C=O) groups excluding carboxylic acids is 3. The third-order valence-electron chi connectivity index (χ3n) is 4.34. The van der Waals surface area contributed by atoms with Crippen LogP contribution < -0.4 is 10.6 Å². The minimum absolute atomic E-state index is 0.0508. The lowest BCUT2D eigenvalue weighted by Crippen LogP contribution is -2.59. The zero-order valence-corrected chi connectivity index (χ0v) is 14.9. The molecule has 0 spiro atoms. The van der Waals surface area contributed by atoms with E-state index in [0.29, 0.717) is 19.4 Å². The zero-order valence-electron chi connectivity index (χ0n) is 13.3. The number of fused-ring (bicyclic) bond motifs is 2. The molecule has 2 heterocycles. The second kappa shape index (κ2) is 6.30. The molecule has 2 atom stereocenters. The summed E-state index contributed by atoms with van der Waals surface area (Å²) in [4.78, 5) is 37.7. The number of nitrogens with zero attached hydrogens (tertiary/aromatic N) is 1. The van der Waals surface area contributed by atoms with Crippen LogP contribution in [-0.2, 0) is 24.2 Å². The van der Waals surface area contributed by atoms with Crippen molar-refractivity contribution in [3.63, 3.8) is 0 Å². The van der Waals surface area contributed by atoms with Crippen LogP contribution in [0.4, 0.5) is 5.69 Å². The summed E-state index contributed by atoms with van der Waals surface area (Å²) in [5, 5.41) is 5.06. The van der Waals surface area contributed by atoms with E-state index in [9.17, 15) is 22.8 Å². The molecule has 2 fully saturated rings. The summed E-state index contributed by atoms with van der Waals surface area (Å²) in [6.45, 7) is 0.337. The summed E-state index contributed by atoms with van der Waals surface area (Å²) in [5.41, 5.74) is 0.199. The van der Waals surface area contributed by atoms with Crippen LogP contribution in [0.15, 0.2) is 23.1 Å². The average Bonchev–Trinajstić information content (AvgIpc) is 2.85. The van der Waals surface area contributed by atoms with Gasteiger partial charge in [0, 0.05) is 18.5 Å². The number of anilines is 1. The normalized spacial score (nSPS) is 22.5.